The number of carbonyl (C=O) groups is 2. The number of ether oxygens (including phenoxy) is 3. The highest BCUT2D eigenvalue weighted by atomic mass is 16.5. The van der Waals surface area contributed by atoms with E-state index in [1.165, 1.54) is 7.11 Å². The van der Waals surface area contributed by atoms with Crippen LogP contribution in [0, 0.1) is 6.92 Å². The molecule has 6 nitrogen and oxygen atoms in total. The third-order valence-corrected chi connectivity index (χ3v) is 3.90. The lowest BCUT2D eigenvalue weighted by atomic mass is 10.1. The largest absolute Gasteiger partial charge is 0.493 e. The molecule has 0 spiro atoms. The summed E-state index contributed by atoms with van der Waals surface area (Å²) in [6.45, 7) is 2.07. The highest BCUT2D eigenvalue weighted by Gasteiger charge is 2.11. The van der Waals surface area contributed by atoms with Gasteiger partial charge in [0, 0.05) is 6.54 Å². The molecule has 2 aromatic carbocycles. The summed E-state index contributed by atoms with van der Waals surface area (Å²) in [6.07, 6.45) is 0.0471. The maximum Gasteiger partial charge on any atom is 0.310 e. The Labute approximate surface area is 153 Å². The number of carbonyl (C=O) groups excluding carboxylic acids is 2. The molecule has 0 saturated heterocycles. The van der Waals surface area contributed by atoms with Gasteiger partial charge in [0.1, 0.15) is 0 Å². The number of esters is 1. The zero-order valence-corrected chi connectivity index (χ0v) is 15.2. The first-order valence-electron chi connectivity index (χ1n) is 8.21. The SMILES string of the molecule is COc1ccc(CC(=O)OCC(=O)NCc2ccccc2C)cc1OC. The van der Waals surface area contributed by atoms with Crippen LogP contribution in [0.25, 0.3) is 0 Å². The van der Waals surface area contributed by atoms with Crippen molar-refractivity contribution in [2.75, 3.05) is 20.8 Å². The molecular weight excluding hydrogens is 334 g/mol. The Morgan fingerprint density at radius 2 is 1.73 bits per heavy atom. The van der Waals surface area contributed by atoms with Crippen molar-refractivity contribution < 1.29 is 23.8 Å². The summed E-state index contributed by atoms with van der Waals surface area (Å²) < 4.78 is 15.4. The van der Waals surface area contributed by atoms with Gasteiger partial charge in [-0.1, -0.05) is 30.3 Å². The fourth-order valence-corrected chi connectivity index (χ4v) is 2.41. The molecule has 2 rings (SSSR count). The Kier molecular flexibility index (Phi) is 7.02. The van der Waals surface area contributed by atoms with Gasteiger partial charge in [-0.05, 0) is 35.7 Å². The molecule has 0 fully saturated rings. The Morgan fingerprint density at radius 1 is 1.00 bits per heavy atom. The van der Waals surface area contributed by atoms with E-state index in [1.54, 1.807) is 25.3 Å². The molecule has 0 unspecified atom stereocenters. The molecule has 26 heavy (non-hydrogen) atoms. The van der Waals surface area contributed by atoms with Crippen molar-refractivity contribution in [1.29, 1.82) is 0 Å². The molecule has 0 radical (unpaired) electrons. The molecule has 0 atom stereocenters. The van der Waals surface area contributed by atoms with Crippen molar-refractivity contribution in [3.8, 4) is 11.5 Å². The van der Waals surface area contributed by atoms with E-state index in [0.717, 1.165) is 11.1 Å². The van der Waals surface area contributed by atoms with E-state index in [-0.39, 0.29) is 18.9 Å². The van der Waals surface area contributed by atoms with Crippen molar-refractivity contribution >= 4 is 11.9 Å². The first kappa shape index (κ1) is 19.3. The Hall–Kier alpha value is -3.02. The van der Waals surface area contributed by atoms with Crippen LogP contribution in [0.3, 0.4) is 0 Å². The zero-order chi connectivity index (χ0) is 18.9. The second kappa shape index (κ2) is 9.46. The standard InChI is InChI=1S/C20H23NO5/c1-14-6-4-5-7-16(14)12-21-19(22)13-26-20(23)11-15-8-9-17(24-2)18(10-15)25-3/h4-10H,11-13H2,1-3H3,(H,21,22). The summed E-state index contributed by atoms with van der Waals surface area (Å²) in [5.41, 5.74) is 2.84. The third-order valence-electron chi connectivity index (χ3n) is 3.90. The zero-order valence-electron chi connectivity index (χ0n) is 15.2. The summed E-state index contributed by atoms with van der Waals surface area (Å²) in [6, 6.07) is 13.0. The molecule has 6 heteroatoms. The number of hydrogen-bond donors (Lipinski definition) is 1. The van der Waals surface area contributed by atoms with E-state index in [1.807, 2.05) is 31.2 Å². The minimum absolute atomic E-state index is 0.0471. The van der Waals surface area contributed by atoms with Gasteiger partial charge >= 0.3 is 5.97 Å². The van der Waals surface area contributed by atoms with Crippen LogP contribution in [-0.2, 0) is 27.3 Å². The average Bonchev–Trinajstić information content (AvgIpc) is 2.65. The van der Waals surface area contributed by atoms with Gasteiger partial charge in [0.05, 0.1) is 20.6 Å². The predicted octanol–water partition coefficient (Wildman–Crippen LogP) is 2.41. The third kappa shape index (κ3) is 5.51. The van der Waals surface area contributed by atoms with E-state index < -0.39 is 5.97 Å². The number of nitrogens with one attached hydrogen (secondary N) is 1. The van der Waals surface area contributed by atoms with Gasteiger partial charge in [-0.3, -0.25) is 9.59 Å². The normalized spacial score (nSPS) is 10.1. The quantitative estimate of drug-likeness (QED) is 0.735. The minimum atomic E-state index is -0.483. The lowest BCUT2D eigenvalue weighted by Gasteiger charge is -2.10. The monoisotopic (exact) mass is 357 g/mol. The number of benzene rings is 2. The van der Waals surface area contributed by atoms with Crippen LogP contribution in [0.5, 0.6) is 11.5 Å². The minimum Gasteiger partial charge on any atom is -0.493 e. The van der Waals surface area contributed by atoms with Gasteiger partial charge in [0.15, 0.2) is 18.1 Å². The molecule has 0 aliphatic carbocycles. The smallest absolute Gasteiger partial charge is 0.310 e. The van der Waals surface area contributed by atoms with Crippen LogP contribution in [0.2, 0.25) is 0 Å². The fourth-order valence-electron chi connectivity index (χ4n) is 2.41. The van der Waals surface area contributed by atoms with Gasteiger partial charge in [-0.25, -0.2) is 0 Å². The molecule has 1 amide bonds. The van der Waals surface area contributed by atoms with Crippen LogP contribution in [0.15, 0.2) is 42.5 Å². The van der Waals surface area contributed by atoms with Gasteiger partial charge in [-0.2, -0.15) is 0 Å². The second-order valence-corrected chi connectivity index (χ2v) is 5.73. The topological polar surface area (TPSA) is 73.9 Å². The second-order valence-electron chi connectivity index (χ2n) is 5.73. The number of hydrogen-bond acceptors (Lipinski definition) is 5. The summed E-state index contributed by atoms with van der Waals surface area (Å²) in [7, 11) is 3.07. The lowest BCUT2D eigenvalue weighted by Crippen LogP contribution is -2.28. The first-order chi connectivity index (χ1) is 12.5. The molecule has 0 saturated carbocycles. The molecule has 1 N–H and O–H groups in total. The molecule has 2 aromatic rings. The maximum atomic E-state index is 11.9. The van der Waals surface area contributed by atoms with E-state index in [0.29, 0.717) is 23.6 Å². The number of amides is 1. The number of aryl methyl sites for hydroxylation is 1. The summed E-state index contributed by atoms with van der Waals surface area (Å²) in [5, 5.41) is 2.74. The molecule has 138 valence electrons. The van der Waals surface area contributed by atoms with Crippen LogP contribution < -0.4 is 14.8 Å². The predicted molar refractivity (Wildman–Crippen MR) is 97.2 cm³/mol. The van der Waals surface area contributed by atoms with Crippen molar-refractivity contribution in [3.05, 3.63) is 59.2 Å². The maximum absolute atomic E-state index is 11.9. The fraction of sp³-hybridized carbons (Fsp3) is 0.300. The van der Waals surface area contributed by atoms with Crippen molar-refractivity contribution in [3.63, 3.8) is 0 Å². The Morgan fingerprint density at radius 3 is 2.42 bits per heavy atom. The molecule has 0 aromatic heterocycles. The highest BCUT2D eigenvalue weighted by Crippen LogP contribution is 2.27. The average molecular weight is 357 g/mol. The van der Waals surface area contributed by atoms with Crippen LogP contribution in [0.4, 0.5) is 0 Å². The van der Waals surface area contributed by atoms with Gasteiger partial charge < -0.3 is 19.5 Å². The Bertz CT molecular complexity index is 773. The van der Waals surface area contributed by atoms with Gasteiger partial charge in [0.25, 0.3) is 5.91 Å². The first-order valence-corrected chi connectivity index (χ1v) is 8.21. The van der Waals surface area contributed by atoms with E-state index in [9.17, 15) is 9.59 Å². The summed E-state index contributed by atoms with van der Waals surface area (Å²) in [4.78, 5) is 23.8. The highest BCUT2D eigenvalue weighted by molar-refractivity contribution is 5.81. The van der Waals surface area contributed by atoms with Crippen LogP contribution in [-0.4, -0.2) is 32.7 Å². The molecule has 0 aliphatic heterocycles. The van der Waals surface area contributed by atoms with Gasteiger partial charge in [-0.15, -0.1) is 0 Å². The molecular formula is C20H23NO5. The van der Waals surface area contributed by atoms with E-state index in [4.69, 9.17) is 14.2 Å². The summed E-state index contributed by atoms with van der Waals surface area (Å²) >= 11 is 0. The molecule has 0 heterocycles. The van der Waals surface area contributed by atoms with Crippen molar-refractivity contribution in [2.24, 2.45) is 0 Å². The number of methoxy groups -OCH3 is 2. The molecule has 0 bridgehead atoms. The van der Waals surface area contributed by atoms with Crippen molar-refractivity contribution in [1.82, 2.24) is 5.32 Å². The lowest BCUT2D eigenvalue weighted by molar-refractivity contribution is -0.147. The van der Waals surface area contributed by atoms with E-state index in [2.05, 4.69) is 5.32 Å². The van der Waals surface area contributed by atoms with Gasteiger partial charge in [0.2, 0.25) is 0 Å². The van der Waals surface area contributed by atoms with Crippen LogP contribution >= 0.6 is 0 Å². The van der Waals surface area contributed by atoms with Crippen LogP contribution in [0.1, 0.15) is 16.7 Å². The van der Waals surface area contributed by atoms with E-state index >= 15 is 0 Å². The molecule has 0 aliphatic rings. The number of rotatable bonds is 8. The Balaban J connectivity index is 1.79. The van der Waals surface area contributed by atoms with Crippen molar-refractivity contribution in [2.45, 2.75) is 19.9 Å². The summed E-state index contributed by atoms with van der Waals surface area (Å²) in [5.74, 6) is 0.297.